The van der Waals surface area contributed by atoms with Crippen LogP contribution in [0.25, 0.3) is 10.9 Å². The second-order valence-electron chi connectivity index (χ2n) is 14.3. The van der Waals surface area contributed by atoms with Crippen molar-refractivity contribution in [1.82, 2.24) is 20.1 Å². The Hall–Kier alpha value is -5.36. The Balaban J connectivity index is 0.909. The summed E-state index contributed by atoms with van der Waals surface area (Å²) in [7, 11) is 0. The molecule has 0 saturated carbocycles. The van der Waals surface area contributed by atoms with E-state index in [2.05, 4.69) is 15.2 Å². The summed E-state index contributed by atoms with van der Waals surface area (Å²) in [5.41, 5.74) is 3.41. The summed E-state index contributed by atoms with van der Waals surface area (Å²) >= 11 is 0. The number of rotatable bonds is 16. The van der Waals surface area contributed by atoms with E-state index in [1.54, 1.807) is 17.0 Å². The average molecular weight is 733 g/mol. The number of aliphatic hydroxyl groups excluding tert-OH is 1. The lowest BCUT2D eigenvalue weighted by Gasteiger charge is -2.50. The molecule has 0 radical (unpaired) electrons. The first-order valence-electron chi connectivity index (χ1n) is 18.8. The van der Waals surface area contributed by atoms with E-state index >= 15 is 0 Å². The topological polar surface area (TPSA) is 148 Å². The van der Waals surface area contributed by atoms with Crippen molar-refractivity contribution in [2.45, 2.75) is 50.5 Å². The zero-order chi connectivity index (χ0) is 37.4. The predicted molar refractivity (Wildman–Crippen MR) is 207 cm³/mol. The first kappa shape index (κ1) is 37.0. The zero-order valence-corrected chi connectivity index (χ0v) is 30.3. The number of phenolic OH excluding ortho intramolecular Hbond substituents is 1. The van der Waals surface area contributed by atoms with Gasteiger partial charge in [0.25, 0.3) is 0 Å². The minimum atomic E-state index is -0.902. The van der Waals surface area contributed by atoms with E-state index in [1.807, 2.05) is 78.9 Å². The van der Waals surface area contributed by atoms with Gasteiger partial charge in [-0.2, -0.15) is 0 Å². The van der Waals surface area contributed by atoms with E-state index < -0.39 is 18.2 Å². The number of H-pyrrole nitrogens is 1. The summed E-state index contributed by atoms with van der Waals surface area (Å²) in [6.45, 7) is 4.73. The number of amides is 1. The molecule has 5 aromatic rings. The van der Waals surface area contributed by atoms with Crippen LogP contribution in [0.15, 0.2) is 108 Å². The van der Waals surface area contributed by atoms with Crippen LogP contribution in [0.3, 0.4) is 0 Å². The highest BCUT2D eigenvalue weighted by Crippen LogP contribution is 2.39. The van der Waals surface area contributed by atoms with Gasteiger partial charge >= 0.3 is 6.09 Å². The Kier molecular flexibility index (Phi) is 11.8. The molecule has 8 rings (SSSR count). The molecule has 3 aliphatic rings. The quantitative estimate of drug-likeness (QED) is 0.0722. The molecule has 1 amide bonds. The first-order valence-corrected chi connectivity index (χ1v) is 18.8. The molecule has 282 valence electrons. The van der Waals surface area contributed by atoms with E-state index in [0.29, 0.717) is 54.4 Å². The van der Waals surface area contributed by atoms with Gasteiger partial charge in [-0.3, -0.25) is 9.69 Å². The second-order valence-corrected chi connectivity index (χ2v) is 14.3. The molecule has 3 unspecified atom stereocenters. The Morgan fingerprint density at radius 3 is 2.41 bits per heavy atom. The van der Waals surface area contributed by atoms with Crippen LogP contribution in [-0.2, 0) is 6.61 Å². The Morgan fingerprint density at radius 1 is 0.889 bits per heavy atom. The summed E-state index contributed by atoms with van der Waals surface area (Å²) in [6, 6.07) is 31.2. The minimum Gasteiger partial charge on any atom is -0.506 e. The number of carboxylic acid groups (broad SMARTS) is 1. The molecule has 3 fully saturated rings. The van der Waals surface area contributed by atoms with Crippen LogP contribution in [0.4, 0.5) is 4.79 Å². The number of unbranched alkanes of at least 4 members (excludes halogenated alkanes) is 1. The third-order valence-electron chi connectivity index (χ3n) is 10.7. The number of piperidine rings is 3. The number of ether oxygens (including phenoxy) is 2. The van der Waals surface area contributed by atoms with Crippen molar-refractivity contribution >= 4 is 17.0 Å². The lowest BCUT2D eigenvalue weighted by atomic mass is 9.81. The average Bonchev–Trinajstić information content (AvgIpc) is 3.20. The van der Waals surface area contributed by atoms with Gasteiger partial charge in [0, 0.05) is 24.5 Å². The van der Waals surface area contributed by atoms with Crippen LogP contribution in [0, 0.1) is 5.92 Å². The van der Waals surface area contributed by atoms with Crippen molar-refractivity contribution in [2.75, 3.05) is 39.3 Å². The molecular weight excluding hydrogens is 684 g/mol. The number of aliphatic hydroxyl groups is 1. The number of carbonyl (C=O) groups is 1. The number of hydrogen-bond acceptors (Lipinski definition) is 8. The number of nitrogens with one attached hydrogen (secondary N) is 2. The molecule has 5 N–H and O–H groups in total. The number of hydrogen-bond donors (Lipinski definition) is 5. The fourth-order valence-electron chi connectivity index (χ4n) is 7.95. The highest BCUT2D eigenvalue weighted by molar-refractivity contribution is 5.87. The number of aromatic nitrogens is 1. The van der Waals surface area contributed by atoms with Crippen LogP contribution >= 0.6 is 0 Å². The zero-order valence-electron chi connectivity index (χ0n) is 30.3. The van der Waals surface area contributed by atoms with Crippen molar-refractivity contribution in [3.8, 4) is 17.2 Å². The minimum absolute atomic E-state index is 0.0346. The largest absolute Gasteiger partial charge is 0.506 e. The summed E-state index contributed by atoms with van der Waals surface area (Å²) in [5, 5.41) is 35.4. The molecule has 3 atom stereocenters. The summed E-state index contributed by atoms with van der Waals surface area (Å²) in [6.07, 6.45) is 2.01. The van der Waals surface area contributed by atoms with Gasteiger partial charge in [0.2, 0.25) is 5.56 Å². The smallest absolute Gasteiger partial charge is 0.408 e. The Bertz CT molecular complexity index is 2080. The fraction of sp³-hybridized carbons (Fsp3) is 0.349. The molecule has 11 nitrogen and oxygen atoms in total. The number of aromatic amines is 1. The van der Waals surface area contributed by atoms with Crippen molar-refractivity contribution in [3.63, 3.8) is 0 Å². The molecule has 3 saturated heterocycles. The van der Waals surface area contributed by atoms with Gasteiger partial charge in [-0.25, -0.2) is 4.79 Å². The number of phenols is 1. The van der Waals surface area contributed by atoms with E-state index in [4.69, 9.17) is 9.47 Å². The molecule has 54 heavy (non-hydrogen) atoms. The van der Waals surface area contributed by atoms with Gasteiger partial charge < -0.3 is 40.0 Å². The third-order valence-corrected chi connectivity index (χ3v) is 10.7. The fourth-order valence-corrected chi connectivity index (χ4v) is 7.95. The van der Waals surface area contributed by atoms with Crippen LogP contribution < -0.4 is 20.3 Å². The van der Waals surface area contributed by atoms with E-state index in [-0.39, 0.29) is 17.4 Å². The van der Waals surface area contributed by atoms with Crippen molar-refractivity contribution in [2.24, 2.45) is 5.92 Å². The van der Waals surface area contributed by atoms with Crippen molar-refractivity contribution < 1.29 is 29.6 Å². The van der Waals surface area contributed by atoms with Gasteiger partial charge in [-0.15, -0.1) is 0 Å². The summed E-state index contributed by atoms with van der Waals surface area (Å²) < 4.78 is 12.3. The lowest BCUT2D eigenvalue weighted by molar-refractivity contribution is -0.000812. The first-order chi connectivity index (χ1) is 26.3. The number of fused-ring (bicyclic) bond motifs is 4. The molecule has 4 aromatic carbocycles. The maximum absolute atomic E-state index is 13.0. The number of benzene rings is 4. The monoisotopic (exact) mass is 732 g/mol. The lowest BCUT2D eigenvalue weighted by Crippen LogP contribution is -2.59. The number of aromatic hydroxyl groups is 1. The van der Waals surface area contributed by atoms with Crippen molar-refractivity contribution in [3.05, 3.63) is 136 Å². The predicted octanol–water partition coefficient (Wildman–Crippen LogP) is 6.46. The maximum atomic E-state index is 13.0. The van der Waals surface area contributed by atoms with Crippen LogP contribution in [0.5, 0.6) is 17.2 Å². The molecule has 1 aromatic heterocycles. The standard InChI is InChI=1S/C43H48N4O7/c48-38-16-14-35(36-15-17-40(50)45-41(36)38)39(49)26-44-20-4-5-23-53-33-12-6-8-29(24-33)28-54-34-13-7-11-32(25-34)42(31-9-2-1-3-10-31)47(43(51)52)37-27-46-21-18-30(37)19-22-46/h1-3,6-17,24-25,30,37,39,42,44,48-49H,4-5,18-23,26-28H2,(H,45,50)(H,51,52). The molecule has 3 aliphatic heterocycles. The van der Waals surface area contributed by atoms with E-state index in [1.165, 1.54) is 12.1 Å². The van der Waals surface area contributed by atoms with Gasteiger partial charge in [0.05, 0.1) is 30.3 Å². The highest BCUT2D eigenvalue weighted by Gasteiger charge is 2.43. The number of pyridine rings is 1. The normalized spacial score (nSPS) is 18.9. The van der Waals surface area contributed by atoms with Gasteiger partial charge in [0.1, 0.15) is 23.9 Å². The van der Waals surface area contributed by atoms with E-state index in [0.717, 1.165) is 67.8 Å². The van der Waals surface area contributed by atoms with Crippen molar-refractivity contribution in [1.29, 1.82) is 0 Å². The van der Waals surface area contributed by atoms with Crippen LogP contribution in [-0.4, -0.2) is 81.6 Å². The molecular formula is C43H48N4O7. The summed E-state index contributed by atoms with van der Waals surface area (Å²) in [5.74, 6) is 1.75. The molecule has 0 aliphatic carbocycles. The SMILES string of the molecule is O=C(O)N(C(c1ccccc1)c1cccc(OCc2cccc(OCCCCNCC(O)c3ccc(O)c4[nH]c(=O)ccc34)c2)c1)C1CN2CCC1CC2. The third kappa shape index (κ3) is 8.71. The van der Waals surface area contributed by atoms with Gasteiger partial charge in [-0.05, 0) is 110 Å². The van der Waals surface area contributed by atoms with Crippen LogP contribution in [0.1, 0.15) is 60.1 Å². The second kappa shape index (κ2) is 17.2. The molecule has 2 bridgehead atoms. The Labute approximate surface area is 314 Å². The molecule has 11 heteroatoms. The van der Waals surface area contributed by atoms with Crippen LogP contribution in [0.2, 0.25) is 0 Å². The summed E-state index contributed by atoms with van der Waals surface area (Å²) in [4.78, 5) is 31.4. The number of nitrogens with zero attached hydrogens (tertiary/aromatic N) is 2. The Morgan fingerprint density at radius 2 is 1.65 bits per heavy atom. The highest BCUT2D eigenvalue weighted by atomic mass is 16.5. The van der Waals surface area contributed by atoms with E-state index in [9.17, 15) is 24.9 Å². The molecule has 4 heterocycles. The van der Waals surface area contributed by atoms with Gasteiger partial charge in [-0.1, -0.05) is 60.7 Å². The van der Waals surface area contributed by atoms with Gasteiger partial charge in [0.15, 0.2) is 0 Å². The maximum Gasteiger partial charge on any atom is 0.408 e. The molecule has 0 spiro atoms.